The molecule has 3 aromatic rings. The highest BCUT2D eigenvalue weighted by Gasteiger charge is 2.19. The maximum absolute atomic E-state index is 14.7. The lowest BCUT2D eigenvalue weighted by molar-refractivity contribution is 0.263. The van der Waals surface area contributed by atoms with Crippen LogP contribution in [0.25, 0.3) is 22.0 Å². The van der Waals surface area contributed by atoms with Crippen LogP contribution in [0.5, 0.6) is 0 Å². The lowest BCUT2D eigenvalue weighted by atomic mass is 10.0. The molecule has 0 spiro atoms. The Balaban J connectivity index is 1.76. The molecule has 0 radical (unpaired) electrons. The minimum atomic E-state index is -0.252. The summed E-state index contributed by atoms with van der Waals surface area (Å²) in [5.41, 5.74) is 1.65. The van der Waals surface area contributed by atoms with Gasteiger partial charge in [0, 0.05) is 24.0 Å². The van der Waals surface area contributed by atoms with Crippen LogP contribution in [0.4, 0.5) is 10.2 Å². The summed E-state index contributed by atoms with van der Waals surface area (Å²) in [6.07, 6.45) is 5.61. The number of aromatic nitrogens is 2. The summed E-state index contributed by atoms with van der Waals surface area (Å²) in [7, 11) is 2.13. The highest BCUT2D eigenvalue weighted by molar-refractivity contribution is 6.01. The smallest absolute Gasteiger partial charge is 0.137 e. The van der Waals surface area contributed by atoms with Gasteiger partial charge in [-0.2, -0.15) is 0 Å². The van der Waals surface area contributed by atoms with E-state index in [0.29, 0.717) is 17.2 Å². The lowest BCUT2D eigenvalue weighted by Gasteiger charge is -2.30. The van der Waals surface area contributed by atoms with Crippen molar-refractivity contribution >= 4 is 16.6 Å². The van der Waals surface area contributed by atoms with E-state index in [1.807, 2.05) is 24.3 Å². The largest absolute Gasteiger partial charge is 0.367 e. The van der Waals surface area contributed by atoms with E-state index in [-0.39, 0.29) is 5.82 Å². The first-order valence-corrected chi connectivity index (χ1v) is 8.66. The van der Waals surface area contributed by atoms with Gasteiger partial charge < -0.3 is 10.2 Å². The molecule has 0 saturated carbocycles. The second-order valence-electron chi connectivity index (χ2n) is 6.62. The van der Waals surface area contributed by atoms with Gasteiger partial charge in [-0.15, -0.1) is 0 Å². The Kier molecular flexibility index (Phi) is 4.32. The van der Waals surface area contributed by atoms with Crippen molar-refractivity contribution in [3.05, 3.63) is 54.6 Å². The average Bonchev–Trinajstić information content (AvgIpc) is 2.64. The number of benzene rings is 1. The number of fused-ring (bicyclic) bond motifs is 1. The minimum absolute atomic E-state index is 0.252. The van der Waals surface area contributed by atoms with Gasteiger partial charge in [0.25, 0.3) is 0 Å². The number of nitrogens with zero attached hydrogens (tertiary/aromatic N) is 3. The SMILES string of the molecule is CN1CCC(Nc2ncc(-c3ccccn3)c3cccc(F)c23)CC1. The van der Waals surface area contributed by atoms with E-state index in [9.17, 15) is 4.39 Å². The molecule has 25 heavy (non-hydrogen) atoms. The first-order valence-electron chi connectivity index (χ1n) is 8.66. The first kappa shape index (κ1) is 16.0. The molecule has 0 bridgehead atoms. The summed E-state index contributed by atoms with van der Waals surface area (Å²) in [5, 5.41) is 4.85. The molecule has 0 unspecified atom stereocenters. The van der Waals surface area contributed by atoms with Crippen molar-refractivity contribution in [2.24, 2.45) is 0 Å². The fourth-order valence-electron chi connectivity index (χ4n) is 3.43. The first-order chi connectivity index (χ1) is 12.2. The molecule has 0 aliphatic carbocycles. The molecule has 2 aromatic heterocycles. The van der Waals surface area contributed by atoms with Crippen LogP contribution in [0.3, 0.4) is 0 Å². The lowest BCUT2D eigenvalue weighted by Crippen LogP contribution is -2.36. The summed E-state index contributed by atoms with van der Waals surface area (Å²) >= 11 is 0. The number of rotatable bonds is 3. The summed E-state index contributed by atoms with van der Waals surface area (Å²) in [4.78, 5) is 11.3. The third kappa shape index (κ3) is 3.20. The van der Waals surface area contributed by atoms with Crippen LogP contribution in [-0.4, -0.2) is 41.0 Å². The number of hydrogen-bond donors (Lipinski definition) is 1. The van der Waals surface area contributed by atoms with Crippen LogP contribution in [0.15, 0.2) is 48.8 Å². The van der Waals surface area contributed by atoms with E-state index < -0.39 is 0 Å². The number of anilines is 1. The van der Waals surface area contributed by atoms with Crippen LogP contribution in [-0.2, 0) is 0 Å². The molecule has 3 heterocycles. The van der Waals surface area contributed by atoms with E-state index >= 15 is 0 Å². The highest BCUT2D eigenvalue weighted by atomic mass is 19.1. The van der Waals surface area contributed by atoms with Gasteiger partial charge in [0.2, 0.25) is 0 Å². The fraction of sp³-hybridized carbons (Fsp3) is 0.300. The van der Waals surface area contributed by atoms with Gasteiger partial charge in [-0.25, -0.2) is 9.37 Å². The molecular weight excluding hydrogens is 315 g/mol. The van der Waals surface area contributed by atoms with Crippen LogP contribution in [0, 0.1) is 5.82 Å². The maximum atomic E-state index is 14.7. The zero-order chi connectivity index (χ0) is 17.2. The molecule has 4 rings (SSSR count). The molecule has 1 saturated heterocycles. The monoisotopic (exact) mass is 336 g/mol. The molecule has 1 aliphatic heterocycles. The summed E-state index contributed by atoms with van der Waals surface area (Å²) in [6.45, 7) is 2.09. The van der Waals surface area contributed by atoms with Crippen LogP contribution in [0.2, 0.25) is 0 Å². The van der Waals surface area contributed by atoms with Gasteiger partial charge in [-0.3, -0.25) is 4.98 Å². The molecule has 0 amide bonds. The number of halogens is 1. The average molecular weight is 336 g/mol. The van der Waals surface area contributed by atoms with Gasteiger partial charge in [0.15, 0.2) is 0 Å². The van der Waals surface area contributed by atoms with E-state index in [2.05, 4.69) is 27.2 Å². The molecule has 1 aromatic carbocycles. The normalized spacial score (nSPS) is 16.2. The van der Waals surface area contributed by atoms with Crippen molar-refractivity contribution in [2.75, 3.05) is 25.5 Å². The van der Waals surface area contributed by atoms with E-state index in [0.717, 1.165) is 42.6 Å². The van der Waals surface area contributed by atoms with Crippen LogP contribution in [0.1, 0.15) is 12.8 Å². The number of hydrogen-bond acceptors (Lipinski definition) is 4. The van der Waals surface area contributed by atoms with Gasteiger partial charge in [-0.05, 0) is 56.6 Å². The van der Waals surface area contributed by atoms with Gasteiger partial charge in [0.05, 0.1) is 11.1 Å². The summed E-state index contributed by atoms with van der Waals surface area (Å²) in [5.74, 6) is 0.376. The van der Waals surface area contributed by atoms with E-state index in [4.69, 9.17) is 0 Å². The molecule has 0 atom stereocenters. The Bertz CT molecular complexity index is 874. The summed E-state index contributed by atoms with van der Waals surface area (Å²) in [6, 6.07) is 11.2. The van der Waals surface area contributed by atoms with E-state index in [1.165, 1.54) is 6.07 Å². The van der Waals surface area contributed by atoms with Crippen molar-refractivity contribution in [2.45, 2.75) is 18.9 Å². The van der Waals surface area contributed by atoms with Crippen molar-refractivity contribution in [1.29, 1.82) is 0 Å². The molecule has 128 valence electrons. The van der Waals surface area contributed by atoms with Crippen LogP contribution >= 0.6 is 0 Å². The molecule has 5 heteroatoms. The Morgan fingerprint density at radius 3 is 2.68 bits per heavy atom. The molecule has 1 aliphatic rings. The van der Waals surface area contributed by atoms with Crippen LogP contribution < -0.4 is 5.32 Å². The van der Waals surface area contributed by atoms with Crippen molar-refractivity contribution in [3.63, 3.8) is 0 Å². The maximum Gasteiger partial charge on any atom is 0.137 e. The van der Waals surface area contributed by atoms with Gasteiger partial charge in [-0.1, -0.05) is 18.2 Å². The van der Waals surface area contributed by atoms with Gasteiger partial charge >= 0.3 is 0 Å². The van der Waals surface area contributed by atoms with Gasteiger partial charge in [0.1, 0.15) is 11.6 Å². The quantitative estimate of drug-likeness (QED) is 0.786. The Morgan fingerprint density at radius 1 is 1.08 bits per heavy atom. The number of nitrogens with one attached hydrogen (secondary N) is 1. The predicted molar refractivity (Wildman–Crippen MR) is 99.1 cm³/mol. The number of piperidine rings is 1. The van der Waals surface area contributed by atoms with Crippen molar-refractivity contribution < 1.29 is 4.39 Å². The minimum Gasteiger partial charge on any atom is -0.367 e. The van der Waals surface area contributed by atoms with Crippen molar-refractivity contribution in [1.82, 2.24) is 14.9 Å². The zero-order valence-corrected chi connectivity index (χ0v) is 14.2. The predicted octanol–water partition coefficient (Wildman–Crippen LogP) is 3.94. The molecule has 1 fully saturated rings. The second-order valence-corrected chi connectivity index (χ2v) is 6.62. The number of pyridine rings is 2. The third-order valence-corrected chi connectivity index (χ3v) is 4.86. The molecule has 4 nitrogen and oxygen atoms in total. The standard InChI is InChI=1S/C20H21FN4/c1-25-11-8-14(9-12-25)24-20-19-15(5-4-6-17(19)21)16(13-23-20)18-7-2-3-10-22-18/h2-7,10,13-14H,8-9,11-12H2,1H3,(H,23,24). The highest BCUT2D eigenvalue weighted by Crippen LogP contribution is 2.33. The zero-order valence-electron chi connectivity index (χ0n) is 14.2. The Labute approximate surface area is 146 Å². The van der Waals surface area contributed by atoms with E-state index in [1.54, 1.807) is 18.5 Å². The van der Waals surface area contributed by atoms with Crippen molar-refractivity contribution in [3.8, 4) is 11.3 Å². The topological polar surface area (TPSA) is 41.0 Å². The third-order valence-electron chi connectivity index (χ3n) is 4.86. The second kappa shape index (κ2) is 6.76. The Morgan fingerprint density at radius 2 is 1.92 bits per heavy atom. The fourth-order valence-corrected chi connectivity index (χ4v) is 3.43. The molecule has 1 N–H and O–H groups in total. The summed E-state index contributed by atoms with van der Waals surface area (Å²) < 4.78 is 14.7. The molecular formula is C20H21FN4. The number of likely N-dealkylation sites (tertiary alicyclic amines) is 1. The Hall–Kier alpha value is -2.53.